The highest BCUT2D eigenvalue weighted by Gasteiger charge is 2.73. The molecule has 322 valence electrons. The van der Waals surface area contributed by atoms with Gasteiger partial charge in [-0.3, -0.25) is 4.79 Å². The standard InChI is InChI=1S/C43H66O14/c1-10-21(2)36(53)57-34-33(50)43(20-54-22(3)45)24(17-38(34,4)5)23-11-12-26-39(6)15-14-28(55-37-31(49)29(47)30(48)32(56-37)35(51)52)40(7,19-44)25(39)13-16-41(26,8)42(23,9)18-27(43)46/h10-11,24-34,37,44,46-50H,12-20H2,1-9H3,(H,51,52)/b21-10+/t24?,25?,26-,27+,28+,29+,30+,31-,32+,33+,34+,37-,39+,40+,41-,42-,43+/m1/s1. The van der Waals surface area contributed by atoms with Crippen LogP contribution >= 0.6 is 0 Å². The number of carbonyl (C=O) groups excluding carboxylic acids is 2. The third kappa shape index (κ3) is 6.45. The number of aliphatic carboxylic acids is 1. The Morgan fingerprint density at radius 1 is 0.912 bits per heavy atom. The first kappa shape index (κ1) is 44.1. The molecule has 57 heavy (non-hydrogen) atoms. The Morgan fingerprint density at radius 3 is 2.18 bits per heavy atom. The summed E-state index contributed by atoms with van der Waals surface area (Å²) >= 11 is 0. The van der Waals surface area contributed by atoms with Crippen LogP contribution in [0.1, 0.15) is 107 Å². The van der Waals surface area contributed by atoms with E-state index in [0.717, 1.165) is 12.0 Å². The Bertz CT molecular complexity index is 1660. The fraction of sp³-hybridized carbons (Fsp3) is 0.837. The van der Waals surface area contributed by atoms with E-state index in [9.17, 15) is 50.1 Å². The molecule has 0 aromatic rings. The van der Waals surface area contributed by atoms with Crippen molar-refractivity contribution in [3.8, 4) is 0 Å². The highest BCUT2D eigenvalue weighted by atomic mass is 16.7. The number of carbonyl (C=O) groups is 3. The second-order valence-electron chi connectivity index (χ2n) is 20.0. The van der Waals surface area contributed by atoms with Gasteiger partial charge in [-0.05, 0) is 92.8 Å². The second-order valence-corrected chi connectivity index (χ2v) is 20.0. The number of esters is 2. The second kappa shape index (κ2) is 14.9. The van der Waals surface area contributed by atoms with E-state index in [1.54, 1.807) is 19.9 Å². The summed E-state index contributed by atoms with van der Waals surface area (Å²) < 4.78 is 23.5. The largest absolute Gasteiger partial charge is 0.479 e. The summed E-state index contributed by atoms with van der Waals surface area (Å²) in [5.74, 6) is -3.00. The number of hydrogen-bond donors (Lipinski definition) is 7. The Labute approximate surface area is 335 Å². The molecule has 0 spiro atoms. The smallest absolute Gasteiger partial charge is 0.335 e. The van der Waals surface area contributed by atoms with E-state index in [4.69, 9.17) is 18.9 Å². The molecule has 0 radical (unpaired) electrons. The topological polar surface area (TPSA) is 230 Å². The van der Waals surface area contributed by atoms with Gasteiger partial charge in [0.2, 0.25) is 0 Å². The first-order valence-electron chi connectivity index (χ1n) is 20.6. The van der Waals surface area contributed by atoms with Crippen molar-refractivity contribution in [2.75, 3.05) is 13.2 Å². The quantitative estimate of drug-likeness (QED) is 0.0810. The van der Waals surface area contributed by atoms with Crippen LogP contribution in [0.2, 0.25) is 0 Å². The Morgan fingerprint density at radius 2 is 1.58 bits per heavy atom. The number of ether oxygens (including phenoxy) is 4. The molecule has 5 aliphatic carbocycles. The Hall–Kier alpha value is -2.43. The number of allylic oxidation sites excluding steroid dienone is 3. The Kier molecular flexibility index (Phi) is 11.6. The first-order valence-corrected chi connectivity index (χ1v) is 20.6. The molecule has 14 heteroatoms. The summed E-state index contributed by atoms with van der Waals surface area (Å²) in [6.07, 6.45) is -4.98. The number of rotatable bonds is 8. The molecule has 6 aliphatic rings. The van der Waals surface area contributed by atoms with Gasteiger partial charge >= 0.3 is 17.9 Å². The third-order valence-electron chi connectivity index (χ3n) is 16.8. The average molecular weight is 807 g/mol. The summed E-state index contributed by atoms with van der Waals surface area (Å²) in [4.78, 5) is 37.3. The molecule has 1 heterocycles. The number of aliphatic hydroxyl groups is 6. The van der Waals surface area contributed by atoms with E-state index < -0.39 is 101 Å². The molecular weight excluding hydrogens is 740 g/mol. The number of fused-ring (bicyclic) bond motifs is 7. The zero-order valence-corrected chi connectivity index (χ0v) is 34.9. The molecule has 17 atom stereocenters. The fourth-order valence-corrected chi connectivity index (χ4v) is 13.2. The van der Waals surface area contributed by atoms with Crippen LogP contribution in [0.25, 0.3) is 0 Å². The minimum atomic E-state index is -1.85. The maximum atomic E-state index is 13.1. The van der Waals surface area contributed by atoms with Gasteiger partial charge in [0.1, 0.15) is 37.1 Å². The van der Waals surface area contributed by atoms with Crippen LogP contribution in [0.4, 0.5) is 0 Å². The van der Waals surface area contributed by atoms with Crippen LogP contribution in [-0.4, -0.2) is 122 Å². The van der Waals surface area contributed by atoms with Crippen LogP contribution in [-0.2, 0) is 33.3 Å². The molecule has 4 saturated carbocycles. The fourth-order valence-electron chi connectivity index (χ4n) is 13.2. The third-order valence-corrected chi connectivity index (χ3v) is 16.8. The molecule has 6 rings (SSSR count). The van der Waals surface area contributed by atoms with E-state index in [0.29, 0.717) is 37.7 Å². The maximum absolute atomic E-state index is 13.1. The SMILES string of the molecule is C/C=C(\C)C(=O)O[C@H]1[C@H](O)[C@@]2(COC(C)=O)C(CC1(C)C)C1=CC[C@@H]3[C@@]4(C)CC[C@H](O[C@@H]5O[C@H](C(=O)O)[C@@H](O)[C@H](O)[C@H]5O)[C@@](C)(CO)C4CC[C@@]3(C)[C@]1(C)C[C@@H]2O. The van der Waals surface area contributed by atoms with Crippen LogP contribution in [0.15, 0.2) is 23.3 Å². The van der Waals surface area contributed by atoms with Gasteiger partial charge in [-0.2, -0.15) is 0 Å². The number of carboxylic acid groups (broad SMARTS) is 1. The molecule has 0 aromatic carbocycles. The van der Waals surface area contributed by atoms with E-state index in [1.807, 2.05) is 20.8 Å². The van der Waals surface area contributed by atoms with E-state index in [1.165, 1.54) is 6.92 Å². The number of carboxylic acids is 1. The minimum absolute atomic E-state index is 0.0834. The molecule has 2 unspecified atom stereocenters. The predicted molar refractivity (Wildman–Crippen MR) is 204 cm³/mol. The number of hydrogen-bond acceptors (Lipinski definition) is 13. The first-order chi connectivity index (χ1) is 26.4. The molecule has 0 bridgehead atoms. The molecule has 14 nitrogen and oxygen atoms in total. The molecular formula is C43H66O14. The van der Waals surface area contributed by atoms with Crippen LogP contribution in [0, 0.1) is 50.2 Å². The molecule has 1 aliphatic heterocycles. The molecule has 7 N–H and O–H groups in total. The lowest BCUT2D eigenvalue weighted by atomic mass is 9.33. The molecule has 1 saturated heterocycles. The van der Waals surface area contributed by atoms with E-state index in [2.05, 4.69) is 26.8 Å². The highest BCUT2D eigenvalue weighted by molar-refractivity contribution is 5.87. The van der Waals surface area contributed by atoms with Gasteiger partial charge in [-0.15, -0.1) is 0 Å². The van der Waals surface area contributed by atoms with Gasteiger partial charge in [0.25, 0.3) is 0 Å². The summed E-state index contributed by atoms with van der Waals surface area (Å²) in [7, 11) is 0. The summed E-state index contributed by atoms with van der Waals surface area (Å²) in [5, 5.41) is 77.3. The summed E-state index contributed by atoms with van der Waals surface area (Å²) in [5.41, 5.74) is -2.67. The van der Waals surface area contributed by atoms with Gasteiger partial charge in [-0.25, -0.2) is 9.59 Å². The normalized spacial score (nSPS) is 49.2. The van der Waals surface area contributed by atoms with Gasteiger partial charge < -0.3 is 54.7 Å². The van der Waals surface area contributed by atoms with Crippen molar-refractivity contribution in [3.63, 3.8) is 0 Å². The zero-order valence-electron chi connectivity index (χ0n) is 34.9. The van der Waals surface area contributed by atoms with Crippen molar-refractivity contribution < 1.29 is 69.1 Å². The lowest BCUT2D eigenvalue weighted by Gasteiger charge is -2.72. The van der Waals surface area contributed by atoms with Gasteiger partial charge in [0.05, 0.1) is 24.2 Å². The van der Waals surface area contributed by atoms with Gasteiger partial charge in [0, 0.05) is 23.3 Å². The van der Waals surface area contributed by atoms with E-state index >= 15 is 0 Å². The lowest BCUT2D eigenvalue weighted by molar-refractivity contribution is -0.328. The zero-order chi connectivity index (χ0) is 42.4. The molecule has 0 aromatic heterocycles. The van der Waals surface area contributed by atoms with Crippen LogP contribution < -0.4 is 0 Å². The van der Waals surface area contributed by atoms with Gasteiger partial charge in [0.15, 0.2) is 12.4 Å². The van der Waals surface area contributed by atoms with Crippen molar-refractivity contribution in [2.24, 2.45) is 50.2 Å². The summed E-state index contributed by atoms with van der Waals surface area (Å²) in [6.45, 7) is 16.8. The van der Waals surface area contributed by atoms with E-state index in [-0.39, 0.29) is 42.3 Å². The van der Waals surface area contributed by atoms with Crippen molar-refractivity contribution in [2.45, 2.75) is 162 Å². The van der Waals surface area contributed by atoms with Crippen molar-refractivity contribution in [1.29, 1.82) is 0 Å². The maximum Gasteiger partial charge on any atom is 0.335 e. The summed E-state index contributed by atoms with van der Waals surface area (Å²) in [6, 6.07) is 0. The minimum Gasteiger partial charge on any atom is -0.479 e. The predicted octanol–water partition coefficient (Wildman–Crippen LogP) is 3.03. The Balaban J connectivity index is 1.35. The average Bonchev–Trinajstić information content (AvgIpc) is 3.13. The molecule has 0 amide bonds. The van der Waals surface area contributed by atoms with Crippen LogP contribution in [0.3, 0.4) is 0 Å². The van der Waals surface area contributed by atoms with Crippen molar-refractivity contribution in [3.05, 3.63) is 23.3 Å². The number of aliphatic hydroxyl groups excluding tert-OH is 6. The monoisotopic (exact) mass is 806 g/mol. The lowest BCUT2D eigenvalue weighted by Crippen LogP contribution is -2.72. The highest BCUT2D eigenvalue weighted by Crippen LogP contribution is 2.76. The van der Waals surface area contributed by atoms with Gasteiger partial charge in [-0.1, -0.05) is 59.3 Å². The van der Waals surface area contributed by atoms with Crippen molar-refractivity contribution >= 4 is 17.9 Å². The molecule has 5 fully saturated rings. The van der Waals surface area contributed by atoms with Crippen LogP contribution in [0.5, 0.6) is 0 Å². The van der Waals surface area contributed by atoms with Crippen molar-refractivity contribution in [1.82, 2.24) is 0 Å².